The van der Waals surface area contributed by atoms with Gasteiger partial charge in [-0.25, -0.2) is 4.79 Å². The van der Waals surface area contributed by atoms with Gasteiger partial charge < -0.3 is 15.4 Å². The average Bonchev–Trinajstić information content (AvgIpc) is 2.55. The normalized spacial score (nSPS) is 20.0. The summed E-state index contributed by atoms with van der Waals surface area (Å²) in [5.41, 5.74) is 6.14. The quantitative estimate of drug-likeness (QED) is 0.807. The van der Waals surface area contributed by atoms with Crippen LogP contribution in [-0.2, 0) is 15.1 Å². The van der Waals surface area contributed by atoms with Gasteiger partial charge in [0.1, 0.15) is 0 Å². The topological polar surface area (TPSA) is 58.8 Å². The van der Waals surface area contributed by atoms with Crippen LogP contribution in [0.1, 0.15) is 12.5 Å². The second-order valence-corrected chi connectivity index (χ2v) is 5.54. The molecular weight excluding hydrogens is 266 g/mol. The van der Waals surface area contributed by atoms with Crippen LogP contribution in [0.2, 0.25) is 0 Å². The molecule has 5 nitrogen and oxygen atoms in total. The molecule has 5 heteroatoms. The number of nitrogens with zero attached hydrogens (tertiary/aromatic N) is 2. The van der Waals surface area contributed by atoms with Crippen molar-refractivity contribution < 1.29 is 9.53 Å². The maximum Gasteiger partial charge on any atom is 0.331 e. The van der Waals surface area contributed by atoms with Crippen LogP contribution in [0.15, 0.2) is 30.3 Å². The molecular formula is C16H25N3O2. The smallest absolute Gasteiger partial charge is 0.331 e. The van der Waals surface area contributed by atoms with Crippen molar-refractivity contribution in [2.24, 2.45) is 5.73 Å². The van der Waals surface area contributed by atoms with Crippen molar-refractivity contribution in [1.82, 2.24) is 9.80 Å². The molecule has 1 heterocycles. The Bertz CT molecular complexity index is 458. The van der Waals surface area contributed by atoms with Crippen LogP contribution in [0.25, 0.3) is 0 Å². The molecule has 0 spiro atoms. The number of benzene rings is 1. The van der Waals surface area contributed by atoms with E-state index in [1.165, 1.54) is 7.11 Å². The predicted molar refractivity (Wildman–Crippen MR) is 82.9 cm³/mol. The second-order valence-electron chi connectivity index (χ2n) is 5.54. The minimum absolute atomic E-state index is 0.383. The van der Waals surface area contributed by atoms with Gasteiger partial charge in [0.05, 0.1) is 7.11 Å². The predicted octanol–water partition coefficient (Wildman–Crippen LogP) is 0.651. The lowest BCUT2D eigenvalue weighted by atomic mass is 9.90. The fraction of sp³-hybridized carbons (Fsp3) is 0.562. The Labute approximate surface area is 126 Å². The molecule has 0 aliphatic carbocycles. The van der Waals surface area contributed by atoms with Crippen molar-refractivity contribution in [2.75, 3.05) is 46.4 Å². The Morgan fingerprint density at radius 1 is 1.19 bits per heavy atom. The third kappa shape index (κ3) is 3.61. The molecule has 1 saturated heterocycles. The Morgan fingerprint density at radius 3 is 2.29 bits per heavy atom. The third-order valence-corrected chi connectivity index (χ3v) is 4.22. The van der Waals surface area contributed by atoms with Crippen LogP contribution in [0, 0.1) is 0 Å². The molecule has 1 unspecified atom stereocenters. The van der Waals surface area contributed by atoms with Gasteiger partial charge in [0.15, 0.2) is 5.54 Å². The molecule has 0 radical (unpaired) electrons. The van der Waals surface area contributed by atoms with Crippen LogP contribution in [0.3, 0.4) is 0 Å². The van der Waals surface area contributed by atoms with E-state index in [0.29, 0.717) is 6.54 Å². The fourth-order valence-corrected chi connectivity index (χ4v) is 2.81. The van der Waals surface area contributed by atoms with Gasteiger partial charge in [-0.3, -0.25) is 4.90 Å². The van der Waals surface area contributed by atoms with E-state index >= 15 is 0 Å². The summed E-state index contributed by atoms with van der Waals surface area (Å²) in [6.07, 6.45) is 0. The highest BCUT2D eigenvalue weighted by Crippen LogP contribution is 2.22. The Hall–Kier alpha value is -1.43. The zero-order valence-electron chi connectivity index (χ0n) is 12.9. The highest BCUT2D eigenvalue weighted by Gasteiger charge is 2.39. The van der Waals surface area contributed by atoms with Crippen LogP contribution in [-0.4, -0.2) is 62.1 Å². The lowest BCUT2D eigenvalue weighted by molar-refractivity contribution is -0.148. The fourth-order valence-electron chi connectivity index (χ4n) is 2.81. The standard InChI is InChI=1S/C16H25N3O2/c1-3-18-9-11-19(12-10-18)13-16(17,15(20)21-2)14-7-5-4-6-8-14/h4-8H,3,9-13,17H2,1-2H3. The van der Waals surface area contributed by atoms with Crippen LogP contribution < -0.4 is 5.73 Å². The lowest BCUT2D eigenvalue weighted by Crippen LogP contribution is -2.57. The first-order valence-corrected chi connectivity index (χ1v) is 7.47. The molecule has 1 atom stereocenters. The van der Waals surface area contributed by atoms with Crippen molar-refractivity contribution in [2.45, 2.75) is 12.5 Å². The molecule has 1 aromatic carbocycles. The van der Waals surface area contributed by atoms with Crippen LogP contribution in [0.5, 0.6) is 0 Å². The molecule has 0 bridgehead atoms. The summed E-state index contributed by atoms with van der Waals surface area (Å²) < 4.78 is 4.95. The van der Waals surface area contributed by atoms with Gasteiger partial charge in [0.2, 0.25) is 0 Å². The molecule has 0 aromatic heterocycles. The van der Waals surface area contributed by atoms with Gasteiger partial charge in [-0.1, -0.05) is 37.3 Å². The van der Waals surface area contributed by atoms with E-state index in [1.807, 2.05) is 30.3 Å². The molecule has 1 aliphatic heterocycles. The van der Waals surface area contributed by atoms with Crippen molar-refractivity contribution in [1.29, 1.82) is 0 Å². The number of rotatable bonds is 5. The molecule has 1 fully saturated rings. The van der Waals surface area contributed by atoms with Crippen molar-refractivity contribution in [3.8, 4) is 0 Å². The van der Waals surface area contributed by atoms with E-state index in [1.54, 1.807) is 0 Å². The summed E-state index contributed by atoms with van der Waals surface area (Å²) >= 11 is 0. The Kier molecular flexibility index (Phi) is 5.33. The molecule has 1 aliphatic rings. The van der Waals surface area contributed by atoms with E-state index in [2.05, 4.69) is 16.7 Å². The average molecular weight is 291 g/mol. The summed E-state index contributed by atoms with van der Waals surface area (Å²) in [5, 5.41) is 0. The van der Waals surface area contributed by atoms with E-state index in [9.17, 15) is 4.79 Å². The van der Waals surface area contributed by atoms with Gasteiger partial charge in [-0.15, -0.1) is 0 Å². The van der Waals surface area contributed by atoms with E-state index in [-0.39, 0.29) is 5.97 Å². The Morgan fingerprint density at radius 2 is 1.76 bits per heavy atom. The number of hydrogen-bond acceptors (Lipinski definition) is 5. The number of nitrogens with two attached hydrogens (primary N) is 1. The van der Waals surface area contributed by atoms with Crippen molar-refractivity contribution >= 4 is 5.97 Å². The van der Waals surface area contributed by atoms with Crippen LogP contribution >= 0.6 is 0 Å². The minimum atomic E-state index is -1.11. The van der Waals surface area contributed by atoms with Gasteiger partial charge in [0, 0.05) is 32.7 Å². The number of hydrogen-bond donors (Lipinski definition) is 1. The van der Waals surface area contributed by atoms with Gasteiger partial charge in [0.25, 0.3) is 0 Å². The van der Waals surface area contributed by atoms with Crippen molar-refractivity contribution in [3.05, 3.63) is 35.9 Å². The minimum Gasteiger partial charge on any atom is -0.467 e. The number of ether oxygens (including phenoxy) is 1. The first-order valence-electron chi connectivity index (χ1n) is 7.47. The van der Waals surface area contributed by atoms with E-state index in [0.717, 1.165) is 38.3 Å². The Balaban J connectivity index is 2.13. The third-order valence-electron chi connectivity index (χ3n) is 4.22. The van der Waals surface area contributed by atoms with Gasteiger partial charge in [-0.05, 0) is 12.1 Å². The number of carbonyl (C=O) groups is 1. The highest BCUT2D eigenvalue weighted by molar-refractivity contribution is 5.82. The SMILES string of the molecule is CCN1CCN(CC(N)(C(=O)OC)c2ccccc2)CC1. The summed E-state index contributed by atoms with van der Waals surface area (Å²) in [4.78, 5) is 16.9. The molecule has 2 rings (SSSR count). The molecule has 0 amide bonds. The zero-order chi connectivity index (χ0) is 15.3. The summed E-state index contributed by atoms with van der Waals surface area (Å²) in [6.45, 7) is 7.61. The zero-order valence-corrected chi connectivity index (χ0v) is 12.9. The van der Waals surface area contributed by atoms with E-state index < -0.39 is 5.54 Å². The second kappa shape index (κ2) is 7.02. The first-order chi connectivity index (χ1) is 10.1. The molecule has 0 saturated carbocycles. The number of esters is 1. The highest BCUT2D eigenvalue weighted by atomic mass is 16.5. The summed E-state index contributed by atoms with van der Waals surface area (Å²) in [5.74, 6) is -0.383. The largest absolute Gasteiger partial charge is 0.467 e. The molecule has 1 aromatic rings. The number of piperazine rings is 1. The van der Waals surface area contributed by atoms with Crippen molar-refractivity contribution in [3.63, 3.8) is 0 Å². The number of likely N-dealkylation sites (N-methyl/N-ethyl adjacent to an activating group) is 1. The first kappa shape index (κ1) is 15.9. The lowest BCUT2D eigenvalue weighted by Gasteiger charge is -2.38. The maximum atomic E-state index is 12.2. The molecule has 2 N–H and O–H groups in total. The van der Waals surface area contributed by atoms with Gasteiger partial charge >= 0.3 is 5.97 Å². The monoisotopic (exact) mass is 291 g/mol. The van der Waals surface area contributed by atoms with Gasteiger partial charge in [-0.2, -0.15) is 0 Å². The summed E-state index contributed by atoms with van der Waals surface area (Å²) in [7, 11) is 1.39. The molecule has 116 valence electrons. The summed E-state index contributed by atoms with van der Waals surface area (Å²) in [6, 6.07) is 9.49. The number of methoxy groups -OCH3 is 1. The van der Waals surface area contributed by atoms with Crippen LogP contribution in [0.4, 0.5) is 0 Å². The maximum absolute atomic E-state index is 12.2. The molecule has 21 heavy (non-hydrogen) atoms. The van der Waals surface area contributed by atoms with E-state index in [4.69, 9.17) is 10.5 Å². The number of carbonyl (C=O) groups excluding carboxylic acids is 1.